The van der Waals surface area contributed by atoms with E-state index in [4.69, 9.17) is 16.9 Å². The first kappa shape index (κ1) is 19.2. The summed E-state index contributed by atoms with van der Waals surface area (Å²) in [4.78, 5) is 18.8. The van der Waals surface area contributed by atoms with E-state index in [0.29, 0.717) is 11.3 Å². The number of carbonyl (C=O) groups excluding carboxylic acids is 1. The zero-order valence-corrected chi connectivity index (χ0v) is 16.0. The maximum Gasteiger partial charge on any atom is 0.226 e. The largest absolute Gasteiger partial charge is 0.350 e. The maximum atomic E-state index is 13.8. The van der Waals surface area contributed by atoms with Crippen molar-refractivity contribution in [2.24, 2.45) is 4.99 Å². The smallest absolute Gasteiger partial charge is 0.226 e. The molecule has 1 atom stereocenters. The topological polar surface area (TPSA) is 68.5 Å². The molecule has 0 spiro atoms. The molecule has 0 saturated carbocycles. The SMILES string of the molecule is CN1C(=Nc2ccc(C#N)cc2)SCC1CC(=O)Nc1ccc(Cl)cc1F. The lowest BCUT2D eigenvalue weighted by Gasteiger charge is -2.20. The first-order chi connectivity index (χ1) is 13.0. The number of nitrogens with one attached hydrogen (secondary N) is 1. The number of thioether (sulfide) groups is 1. The number of rotatable bonds is 4. The van der Waals surface area contributed by atoms with E-state index in [1.165, 1.54) is 12.1 Å². The number of halogens is 2. The van der Waals surface area contributed by atoms with Crippen LogP contribution in [0.15, 0.2) is 47.5 Å². The number of carbonyl (C=O) groups is 1. The molecule has 1 saturated heterocycles. The Balaban J connectivity index is 1.62. The number of nitriles is 1. The zero-order valence-electron chi connectivity index (χ0n) is 14.4. The Morgan fingerprint density at radius 1 is 1.41 bits per heavy atom. The van der Waals surface area contributed by atoms with Crippen LogP contribution in [0.3, 0.4) is 0 Å². The lowest BCUT2D eigenvalue weighted by molar-refractivity contribution is -0.116. The molecule has 138 valence electrons. The molecule has 1 N–H and O–H groups in total. The van der Waals surface area contributed by atoms with Crippen LogP contribution < -0.4 is 5.32 Å². The van der Waals surface area contributed by atoms with Gasteiger partial charge in [0.1, 0.15) is 5.82 Å². The Morgan fingerprint density at radius 3 is 2.81 bits per heavy atom. The molecule has 5 nitrogen and oxygen atoms in total. The summed E-state index contributed by atoms with van der Waals surface area (Å²) in [6, 6.07) is 13.2. The third-order valence-electron chi connectivity index (χ3n) is 4.10. The molecule has 2 aromatic rings. The van der Waals surface area contributed by atoms with Crippen LogP contribution >= 0.6 is 23.4 Å². The highest BCUT2D eigenvalue weighted by molar-refractivity contribution is 8.14. The standard InChI is InChI=1S/C19H16ClFN4OS/c1-25-15(9-18(26)24-17-7-4-13(20)8-16(17)21)11-27-19(25)23-14-5-2-12(10-22)3-6-14/h2-8,15H,9,11H2,1H3,(H,24,26). The highest BCUT2D eigenvalue weighted by atomic mass is 35.5. The first-order valence-corrected chi connectivity index (χ1v) is 9.52. The van der Waals surface area contributed by atoms with E-state index in [1.54, 1.807) is 36.0 Å². The number of nitrogens with zero attached hydrogens (tertiary/aromatic N) is 3. The summed E-state index contributed by atoms with van der Waals surface area (Å²) in [6.07, 6.45) is 0.220. The van der Waals surface area contributed by atoms with Crippen molar-refractivity contribution in [1.82, 2.24) is 4.90 Å². The van der Waals surface area contributed by atoms with Crippen molar-refractivity contribution in [3.63, 3.8) is 0 Å². The number of hydrogen-bond donors (Lipinski definition) is 1. The van der Waals surface area contributed by atoms with Crippen LogP contribution in [0.4, 0.5) is 15.8 Å². The third kappa shape index (κ3) is 4.79. The van der Waals surface area contributed by atoms with E-state index in [9.17, 15) is 9.18 Å². The van der Waals surface area contributed by atoms with Crippen LogP contribution in [0, 0.1) is 17.1 Å². The summed E-state index contributed by atoms with van der Waals surface area (Å²) < 4.78 is 13.8. The lowest BCUT2D eigenvalue weighted by atomic mass is 10.2. The molecule has 1 unspecified atom stereocenters. The predicted molar refractivity (Wildman–Crippen MR) is 107 cm³/mol. The summed E-state index contributed by atoms with van der Waals surface area (Å²) in [5, 5.41) is 12.5. The van der Waals surface area contributed by atoms with E-state index in [-0.39, 0.29) is 29.1 Å². The van der Waals surface area contributed by atoms with E-state index in [2.05, 4.69) is 16.4 Å². The highest BCUT2D eigenvalue weighted by Gasteiger charge is 2.29. The van der Waals surface area contributed by atoms with E-state index in [0.717, 1.165) is 16.9 Å². The molecule has 1 aliphatic heterocycles. The fraction of sp³-hybridized carbons (Fsp3) is 0.211. The molecular weight excluding hydrogens is 387 g/mol. The van der Waals surface area contributed by atoms with Gasteiger partial charge in [-0.05, 0) is 42.5 Å². The van der Waals surface area contributed by atoms with Gasteiger partial charge in [0.2, 0.25) is 5.91 Å². The van der Waals surface area contributed by atoms with Gasteiger partial charge in [-0.1, -0.05) is 23.4 Å². The van der Waals surface area contributed by atoms with Crippen LogP contribution in [0.2, 0.25) is 5.02 Å². The Bertz CT molecular complexity index is 926. The molecule has 0 aliphatic carbocycles. The fourth-order valence-electron chi connectivity index (χ4n) is 2.57. The number of amides is 1. The molecule has 3 rings (SSSR count). The minimum absolute atomic E-state index is 0.0394. The van der Waals surface area contributed by atoms with E-state index in [1.807, 2.05) is 11.9 Å². The van der Waals surface area contributed by atoms with Crippen molar-refractivity contribution in [2.75, 3.05) is 18.1 Å². The number of hydrogen-bond acceptors (Lipinski definition) is 4. The average molecular weight is 403 g/mol. The second kappa shape index (κ2) is 8.42. The minimum atomic E-state index is -0.562. The summed E-state index contributed by atoms with van der Waals surface area (Å²) in [5.74, 6) is -0.122. The van der Waals surface area contributed by atoms with Crippen LogP contribution in [0.5, 0.6) is 0 Å². The average Bonchev–Trinajstić information content (AvgIpc) is 2.98. The van der Waals surface area contributed by atoms with Gasteiger partial charge in [0.15, 0.2) is 5.17 Å². The minimum Gasteiger partial charge on any atom is -0.350 e. The van der Waals surface area contributed by atoms with Crippen LogP contribution in [-0.4, -0.2) is 34.8 Å². The van der Waals surface area contributed by atoms with Crippen molar-refractivity contribution in [1.29, 1.82) is 5.26 Å². The maximum absolute atomic E-state index is 13.8. The highest BCUT2D eigenvalue weighted by Crippen LogP contribution is 2.28. The molecular formula is C19H16ClFN4OS. The molecule has 1 fully saturated rings. The van der Waals surface area contributed by atoms with Crippen molar-refractivity contribution >= 4 is 45.8 Å². The van der Waals surface area contributed by atoms with Gasteiger partial charge in [-0.3, -0.25) is 4.79 Å². The summed E-state index contributed by atoms with van der Waals surface area (Å²) in [5.41, 5.74) is 1.44. The summed E-state index contributed by atoms with van der Waals surface area (Å²) in [7, 11) is 1.88. The molecule has 27 heavy (non-hydrogen) atoms. The quantitative estimate of drug-likeness (QED) is 0.822. The molecule has 0 radical (unpaired) electrons. The summed E-state index contributed by atoms with van der Waals surface area (Å²) >= 11 is 7.27. The van der Waals surface area contributed by atoms with Crippen LogP contribution in [-0.2, 0) is 4.79 Å². The van der Waals surface area contributed by atoms with Crippen LogP contribution in [0.1, 0.15) is 12.0 Å². The molecule has 8 heteroatoms. The summed E-state index contributed by atoms with van der Waals surface area (Å²) in [6.45, 7) is 0. The number of anilines is 1. The van der Waals surface area contributed by atoms with Gasteiger partial charge in [0.05, 0.1) is 23.0 Å². The molecule has 1 heterocycles. The van der Waals surface area contributed by atoms with Gasteiger partial charge < -0.3 is 10.2 Å². The predicted octanol–water partition coefficient (Wildman–Crippen LogP) is 4.41. The lowest BCUT2D eigenvalue weighted by Crippen LogP contribution is -2.33. The Labute approximate surface area is 165 Å². The molecule has 2 aromatic carbocycles. The van der Waals surface area contributed by atoms with Crippen molar-refractivity contribution in [3.05, 3.63) is 58.9 Å². The second-order valence-electron chi connectivity index (χ2n) is 6.01. The second-order valence-corrected chi connectivity index (χ2v) is 7.43. The molecule has 1 amide bonds. The monoisotopic (exact) mass is 402 g/mol. The Kier molecular flexibility index (Phi) is 5.99. The molecule has 0 bridgehead atoms. The van der Waals surface area contributed by atoms with Crippen molar-refractivity contribution in [3.8, 4) is 6.07 Å². The van der Waals surface area contributed by atoms with Gasteiger partial charge in [-0.15, -0.1) is 0 Å². The van der Waals surface area contributed by atoms with Gasteiger partial charge in [-0.25, -0.2) is 9.38 Å². The normalized spacial score (nSPS) is 17.8. The Morgan fingerprint density at radius 2 is 2.15 bits per heavy atom. The number of aliphatic imine (C=N–C) groups is 1. The number of benzene rings is 2. The van der Waals surface area contributed by atoms with Crippen molar-refractivity contribution < 1.29 is 9.18 Å². The van der Waals surface area contributed by atoms with Gasteiger partial charge in [0, 0.05) is 30.3 Å². The first-order valence-electron chi connectivity index (χ1n) is 8.15. The molecule has 1 aliphatic rings. The Hall–Kier alpha value is -2.56. The third-order valence-corrected chi connectivity index (χ3v) is 5.53. The van der Waals surface area contributed by atoms with Gasteiger partial charge >= 0.3 is 0 Å². The van der Waals surface area contributed by atoms with Crippen LogP contribution in [0.25, 0.3) is 0 Å². The molecule has 0 aromatic heterocycles. The van der Waals surface area contributed by atoms with Gasteiger partial charge in [-0.2, -0.15) is 5.26 Å². The fourth-order valence-corrected chi connectivity index (χ4v) is 3.94. The van der Waals surface area contributed by atoms with E-state index < -0.39 is 5.82 Å². The number of amidine groups is 1. The zero-order chi connectivity index (χ0) is 19.4. The van der Waals surface area contributed by atoms with Gasteiger partial charge in [0.25, 0.3) is 0 Å². The van der Waals surface area contributed by atoms with E-state index >= 15 is 0 Å². The van der Waals surface area contributed by atoms with Crippen molar-refractivity contribution in [2.45, 2.75) is 12.5 Å².